The Balaban J connectivity index is 3.63. The van der Waals surface area contributed by atoms with E-state index >= 15 is 0 Å². The fourth-order valence-electron chi connectivity index (χ4n) is 6.37. The van der Waals surface area contributed by atoms with E-state index < -0.39 is 0 Å². The monoisotopic (exact) mass is 733 g/mol. The highest BCUT2D eigenvalue weighted by atomic mass is 32.2. The van der Waals surface area contributed by atoms with Crippen LogP contribution in [0.5, 0.6) is 0 Å². The number of carbonyl (C=O) groups excluding carboxylic acids is 2. The van der Waals surface area contributed by atoms with Crippen molar-refractivity contribution in [2.24, 2.45) is 0 Å². The van der Waals surface area contributed by atoms with E-state index in [0.717, 1.165) is 50.0 Å². The normalized spacial score (nSPS) is 12.7. The largest absolute Gasteiger partial charge is 0.428 e. The van der Waals surface area contributed by atoms with Gasteiger partial charge in [0.1, 0.15) is 0 Å². The molecular formula is C41H80O6S2. The Morgan fingerprint density at radius 3 is 1.04 bits per heavy atom. The van der Waals surface area contributed by atoms with E-state index in [1.54, 1.807) is 0 Å². The molecule has 0 aromatic carbocycles. The second kappa shape index (κ2) is 40.3. The van der Waals surface area contributed by atoms with Gasteiger partial charge in [-0.25, -0.2) is 0 Å². The number of esters is 2. The van der Waals surface area contributed by atoms with Gasteiger partial charge in [0, 0.05) is 34.8 Å². The van der Waals surface area contributed by atoms with Crippen LogP contribution in [0.25, 0.3) is 0 Å². The average Bonchev–Trinajstić information content (AvgIpc) is 3.10. The van der Waals surface area contributed by atoms with Gasteiger partial charge >= 0.3 is 11.9 Å². The summed E-state index contributed by atoms with van der Waals surface area (Å²) in [6.45, 7) is 4.82. The SMILES string of the molecule is CCCCCCCC(CCCCCCCCCC(=O)OCOC(=O)CCCCCCCCCC(CCCCCCC)SCCO)SCCO. The summed E-state index contributed by atoms with van der Waals surface area (Å²) in [6, 6.07) is 0. The van der Waals surface area contributed by atoms with Crippen LogP contribution in [0, 0.1) is 0 Å². The lowest BCUT2D eigenvalue weighted by Crippen LogP contribution is -2.12. The minimum absolute atomic E-state index is 0.260. The molecule has 0 saturated heterocycles. The number of unbranched alkanes of at least 4 members (excludes halogenated alkanes) is 20. The van der Waals surface area contributed by atoms with Gasteiger partial charge in [0.15, 0.2) is 0 Å². The minimum atomic E-state index is -0.279. The van der Waals surface area contributed by atoms with Gasteiger partial charge in [-0.3, -0.25) is 9.59 Å². The number of ether oxygens (including phenoxy) is 2. The Bertz CT molecular complexity index is 639. The minimum Gasteiger partial charge on any atom is -0.428 e. The molecule has 0 aliphatic heterocycles. The van der Waals surface area contributed by atoms with Crippen LogP contribution in [0.15, 0.2) is 0 Å². The van der Waals surface area contributed by atoms with E-state index in [1.165, 1.54) is 141 Å². The lowest BCUT2D eigenvalue weighted by atomic mass is 10.0. The highest BCUT2D eigenvalue weighted by Crippen LogP contribution is 2.25. The van der Waals surface area contributed by atoms with Gasteiger partial charge in [-0.15, -0.1) is 0 Å². The van der Waals surface area contributed by atoms with Crippen LogP contribution in [0.2, 0.25) is 0 Å². The van der Waals surface area contributed by atoms with Crippen molar-refractivity contribution in [2.45, 2.75) is 217 Å². The maximum absolute atomic E-state index is 12.0. The first-order chi connectivity index (χ1) is 24.1. The average molecular weight is 733 g/mol. The van der Waals surface area contributed by atoms with Gasteiger partial charge in [-0.05, 0) is 38.5 Å². The van der Waals surface area contributed by atoms with Crippen LogP contribution in [-0.2, 0) is 19.1 Å². The molecule has 0 spiro atoms. The van der Waals surface area contributed by atoms with Gasteiger partial charge in [-0.2, -0.15) is 23.5 Å². The molecular weight excluding hydrogens is 653 g/mol. The van der Waals surface area contributed by atoms with Crippen LogP contribution in [0.1, 0.15) is 206 Å². The number of rotatable bonds is 40. The van der Waals surface area contributed by atoms with Crippen molar-refractivity contribution < 1.29 is 29.3 Å². The Morgan fingerprint density at radius 1 is 0.449 bits per heavy atom. The Labute approximate surface area is 312 Å². The number of hydrogen-bond acceptors (Lipinski definition) is 8. The Hall–Kier alpha value is -0.440. The summed E-state index contributed by atoms with van der Waals surface area (Å²) in [5.74, 6) is 1.16. The molecule has 292 valence electrons. The third-order valence-electron chi connectivity index (χ3n) is 9.40. The molecule has 8 heteroatoms. The third kappa shape index (κ3) is 37.1. The zero-order valence-corrected chi connectivity index (χ0v) is 33.9. The van der Waals surface area contributed by atoms with Crippen molar-refractivity contribution in [3.8, 4) is 0 Å². The second-order valence-corrected chi connectivity index (χ2v) is 16.8. The summed E-state index contributed by atoms with van der Waals surface area (Å²) < 4.78 is 10.2. The number of hydrogen-bond donors (Lipinski definition) is 2. The molecule has 2 N–H and O–H groups in total. The van der Waals surface area contributed by atoms with Crippen LogP contribution in [-0.4, -0.2) is 64.2 Å². The first kappa shape index (κ1) is 48.6. The number of aliphatic hydroxyl groups excluding tert-OH is 2. The van der Waals surface area contributed by atoms with E-state index in [-0.39, 0.29) is 31.9 Å². The predicted molar refractivity (Wildman–Crippen MR) is 214 cm³/mol. The Morgan fingerprint density at radius 2 is 0.735 bits per heavy atom. The first-order valence-electron chi connectivity index (χ1n) is 20.8. The van der Waals surface area contributed by atoms with Crippen LogP contribution < -0.4 is 0 Å². The third-order valence-corrected chi connectivity index (χ3v) is 12.1. The fraction of sp³-hybridized carbons (Fsp3) is 0.951. The molecule has 49 heavy (non-hydrogen) atoms. The molecule has 0 radical (unpaired) electrons. The summed E-state index contributed by atoms with van der Waals surface area (Å²) >= 11 is 3.91. The zero-order chi connectivity index (χ0) is 35.9. The van der Waals surface area contributed by atoms with Gasteiger partial charge in [0.2, 0.25) is 6.79 Å². The molecule has 0 amide bonds. The van der Waals surface area contributed by atoms with Gasteiger partial charge in [0.05, 0.1) is 13.2 Å². The summed E-state index contributed by atoms with van der Waals surface area (Å²) in [6.07, 6.45) is 35.2. The molecule has 0 fully saturated rings. The van der Waals surface area contributed by atoms with E-state index in [4.69, 9.17) is 9.47 Å². The molecule has 0 aliphatic rings. The fourth-order valence-corrected chi connectivity index (χ4v) is 8.58. The van der Waals surface area contributed by atoms with Crippen molar-refractivity contribution in [3.05, 3.63) is 0 Å². The number of aliphatic hydroxyl groups is 2. The summed E-state index contributed by atoms with van der Waals surface area (Å²) in [4.78, 5) is 24.0. The quantitative estimate of drug-likeness (QED) is 0.0365. The van der Waals surface area contributed by atoms with E-state index in [9.17, 15) is 19.8 Å². The molecule has 2 atom stereocenters. The maximum atomic E-state index is 12.0. The molecule has 0 aromatic rings. The van der Waals surface area contributed by atoms with Crippen molar-refractivity contribution in [3.63, 3.8) is 0 Å². The molecule has 2 unspecified atom stereocenters. The van der Waals surface area contributed by atoms with Crippen molar-refractivity contribution >= 4 is 35.5 Å². The molecule has 0 aliphatic carbocycles. The smallest absolute Gasteiger partial charge is 0.308 e. The molecule has 0 rings (SSSR count). The van der Waals surface area contributed by atoms with Crippen LogP contribution in [0.4, 0.5) is 0 Å². The van der Waals surface area contributed by atoms with Gasteiger partial charge in [-0.1, -0.05) is 155 Å². The Kier molecular flexibility index (Phi) is 40.0. The number of carbonyl (C=O) groups is 2. The zero-order valence-electron chi connectivity index (χ0n) is 32.2. The topological polar surface area (TPSA) is 93.1 Å². The van der Waals surface area contributed by atoms with Crippen LogP contribution in [0.3, 0.4) is 0 Å². The lowest BCUT2D eigenvalue weighted by Gasteiger charge is -2.16. The summed E-state index contributed by atoms with van der Waals surface area (Å²) in [5, 5.41) is 19.8. The molecule has 0 saturated carbocycles. The molecule has 6 nitrogen and oxygen atoms in total. The number of thioether (sulfide) groups is 2. The van der Waals surface area contributed by atoms with E-state index in [1.807, 2.05) is 23.5 Å². The lowest BCUT2D eigenvalue weighted by molar-refractivity contribution is -0.167. The van der Waals surface area contributed by atoms with Gasteiger partial charge in [0.25, 0.3) is 0 Å². The van der Waals surface area contributed by atoms with E-state index in [2.05, 4.69) is 13.8 Å². The molecule has 0 bridgehead atoms. The first-order valence-corrected chi connectivity index (χ1v) is 22.9. The maximum Gasteiger partial charge on any atom is 0.308 e. The predicted octanol–water partition coefficient (Wildman–Crippen LogP) is 12.0. The molecule has 0 aromatic heterocycles. The standard InChI is InChI=1S/C41H80O6S2/c1-3-5-7-15-21-27-38(48-35-33-42)29-23-17-11-9-13-19-25-31-40(44)46-37-47-41(45)32-26-20-14-10-12-18-24-30-39(49-36-34-43)28-22-16-8-6-4-2/h38-39,42-43H,3-37H2,1-2H3. The van der Waals surface area contributed by atoms with Crippen LogP contribution >= 0.6 is 23.5 Å². The highest BCUT2D eigenvalue weighted by molar-refractivity contribution is 8.00. The summed E-state index contributed by atoms with van der Waals surface area (Å²) in [7, 11) is 0. The van der Waals surface area contributed by atoms with Crippen molar-refractivity contribution in [1.82, 2.24) is 0 Å². The summed E-state index contributed by atoms with van der Waals surface area (Å²) in [5.41, 5.74) is 0. The second-order valence-electron chi connectivity index (χ2n) is 14.0. The van der Waals surface area contributed by atoms with Gasteiger partial charge < -0.3 is 19.7 Å². The van der Waals surface area contributed by atoms with Crippen molar-refractivity contribution in [2.75, 3.05) is 31.5 Å². The van der Waals surface area contributed by atoms with E-state index in [0.29, 0.717) is 23.3 Å². The highest BCUT2D eigenvalue weighted by Gasteiger charge is 2.11. The van der Waals surface area contributed by atoms with Crippen molar-refractivity contribution in [1.29, 1.82) is 0 Å². The molecule has 0 heterocycles.